The SMILES string of the molecule is CC(C)CC(NC(=O)C1CC(C)CCN1)C(=O)N(C)C. The molecule has 0 saturated carbocycles. The predicted molar refractivity (Wildman–Crippen MR) is 80.3 cm³/mol. The van der Waals surface area contributed by atoms with Crippen molar-refractivity contribution in [1.29, 1.82) is 0 Å². The van der Waals surface area contributed by atoms with Gasteiger partial charge < -0.3 is 15.5 Å². The lowest BCUT2D eigenvalue weighted by atomic mass is 9.93. The van der Waals surface area contributed by atoms with Crippen LogP contribution in [0.4, 0.5) is 0 Å². The van der Waals surface area contributed by atoms with Crippen LogP contribution in [0.3, 0.4) is 0 Å². The third kappa shape index (κ3) is 5.12. The van der Waals surface area contributed by atoms with Gasteiger partial charge in [-0.1, -0.05) is 20.8 Å². The van der Waals surface area contributed by atoms with E-state index in [4.69, 9.17) is 0 Å². The van der Waals surface area contributed by atoms with Crippen molar-refractivity contribution >= 4 is 11.8 Å². The van der Waals surface area contributed by atoms with Gasteiger partial charge >= 0.3 is 0 Å². The van der Waals surface area contributed by atoms with Crippen molar-refractivity contribution in [2.75, 3.05) is 20.6 Å². The highest BCUT2D eigenvalue weighted by molar-refractivity contribution is 5.89. The molecule has 1 rings (SSSR count). The van der Waals surface area contributed by atoms with Crippen LogP contribution < -0.4 is 10.6 Å². The van der Waals surface area contributed by atoms with Gasteiger partial charge in [-0.2, -0.15) is 0 Å². The maximum Gasteiger partial charge on any atom is 0.244 e. The molecule has 2 N–H and O–H groups in total. The van der Waals surface area contributed by atoms with E-state index in [0.717, 1.165) is 19.4 Å². The van der Waals surface area contributed by atoms with Gasteiger partial charge in [-0.25, -0.2) is 0 Å². The molecular formula is C15H29N3O2. The Balaban J connectivity index is 2.63. The predicted octanol–water partition coefficient (Wildman–Crippen LogP) is 0.994. The number of carbonyl (C=O) groups excluding carboxylic acids is 2. The first-order chi connectivity index (χ1) is 9.31. The van der Waals surface area contributed by atoms with Gasteiger partial charge in [0, 0.05) is 14.1 Å². The lowest BCUT2D eigenvalue weighted by Gasteiger charge is -2.30. The summed E-state index contributed by atoms with van der Waals surface area (Å²) in [5.41, 5.74) is 0. The van der Waals surface area contributed by atoms with E-state index in [1.165, 1.54) is 0 Å². The monoisotopic (exact) mass is 283 g/mol. The van der Waals surface area contributed by atoms with Crippen LogP contribution in [0.15, 0.2) is 0 Å². The van der Waals surface area contributed by atoms with Crippen LogP contribution in [0, 0.1) is 11.8 Å². The second-order valence-corrected chi connectivity index (χ2v) is 6.56. The van der Waals surface area contributed by atoms with Gasteiger partial charge in [0.05, 0.1) is 6.04 Å². The van der Waals surface area contributed by atoms with Crippen molar-refractivity contribution in [3.05, 3.63) is 0 Å². The zero-order valence-corrected chi connectivity index (χ0v) is 13.4. The van der Waals surface area contributed by atoms with Crippen LogP contribution in [0.2, 0.25) is 0 Å². The lowest BCUT2D eigenvalue weighted by Crippen LogP contribution is -2.54. The maximum atomic E-state index is 12.3. The minimum atomic E-state index is -0.420. The quantitative estimate of drug-likeness (QED) is 0.791. The number of hydrogen-bond donors (Lipinski definition) is 2. The number of hydrogen-bond acceptors (Lipinski definition) is 3. The summed E-state index contributed by atoms with van der Waals surface area (Å²) in [5, 5.41) is 6.17. The van der Waals surface area contributed by atoms with E-state index in [0.29, 0.717) is 18.3 Å². The van der Waals surface area contributed by atoms with Crippen molar-refractivity contribution in [1.82, 2.24) is 15.5 Å². The van der Waals surface area contributed by atoms with E-state index in [-0.39, 0.29) is 17.9 Å². The molecule has 0 radical (unpaired) electrons. The number of rotatable bonds is 5. The Morgan fingerprint density at radius 2 is 2.00 bits per heavy atom. The summed E-state index contributed by atoms with van der Waals surface area (Å²) in [6, 6.07) is -0.583. The third-order valence-electron chi connectivity index (χ3n) is 3.74. The smallest absolute Gasteiger partial charge is 0.244 e. The fourth-order valence-corrected chi connectivity index (χ4v) is 2.58. The summed E-state index contributed by atoms with van der Waals surface area (Å²) in [7, 11) is 3.45. The van der Waals surface area contributed by atoms with Crippen molar-refractivity contribution in [2.24, 2.45) is 11.8 Å². The van der Waals surface area contributed by atoms with E-state index >= 15 is 0 Å². The van der Waals surface area contributed by atoms with Gasteiger partial charge in [-0.3, -0.25) is 9.59 Å². The molecule has 0 aromatic heterocycles. The lowest BCUT2D eigenvalue weighted by molar-refractivity contribution is -0.135. The van der Waals surface area contributed by atoms with Crippen LogP contribution in [-0.4, -0.2) is 49.4 Å². The average molecular weight is 283 g/mol. The number of piperidine rings is 1. The molecule has 5 nitrogen and oxygen atoms in total. The number of nitrogens with one attached hydrogen (secondary N) is 2. The largest absolute Gasteiger partial charge is 0.347 e. The van der Waals surface area contributed by atoms with Crippen molar-refractivity contribution < 1.29 is 9.59 Å². The standard InChI is InChI=1S/C15H29N3O2/c1-10(2)8-13(15(20)18(4)5)17-14(19)12-9-11(3)6-7-16-12/h10-13,16H,6-9H2,1-5H3,(H,17,19). The molecule has 0 aromatic carbocycles. The topological polar surface area (TPSA) is 61.4 Å². The van der Waals surface area contributed by atoms with Crippen molar-refractivity contribution in [2.45, 2.75) is 52.1 Å². The second kappa shape index (κ2) is 7.62. The zero-order valence-electron chi connectivity index (χ0n) is 13.4. The molecule has 1 fully saturated rings. The van der Waals surface area contributed by atoms with Crippen molar-refractivity contribution in [3.8, 4) is 0 Å². The van der Waals surface area contributed by atoms with E-state index in [1.807, 2.05) is 0 Å². The van der Waals surface area contributed by atoms with E-state index in [9.17, 15) is 9.59 Å². The maximum absolute atomic E-state index is 12.3. The molecule has 5 heteroatoms. The van der Waals surface area contributed by atoms with Gasteiger partial charge in [-0.05, 0) is 37.6 Å². The Morgan fingerprint density at radius 3 is 2.50 bits per heavy atom. The molecule has 3 unspecified atom stereocenters. The first kappa shape index (κ1) is 17.0. The molecule has 2 amide bonds. The van der Waals surface area contributed by atoms with Gasteiger partial charge in [0.2, 0.25) is 11.8 Å². The summed E-state index contributed by atoms with van der Waals surface area (Å²) in [6.07, 6.45) is 2.62. The van der Waals surface area contributed by atoms with E-state index in [2.05, 4.69) is 31.4 Å². The molecule has 1 saturated heterocycles. The Morgan fingerprint density at radius 1 is 1.35 bits per heavy atom. The molecule has 0 bridgehead atoms. The Kier molecular flexibility index (Phi) is 6.46. The van der Waals surface area contributed by atoms with Crippen LogP contribution in [0.5, 0.6) is 0 Å². The van der Waals surface area contributed by atoms with Gasteiger partial charge in [0.15, 0.2) is 0 Å². The highest BCUT2D eigenvalue weighted by atomic mass is 16.2. The number of amides is 2. The summed E-state index contributed by atoms with van der Waals surface area (Å²) in [6.45, 7) is 7.15. The normalized spacial score (nSPS) is 24.3. The van der Waals surface area contributed by atoms with Gasteiger partial charge in [0.25, 0.3) is 0 Å². The Hall–Kier alpha value is -1.10. The summed E-state index contributed by atoms with van der Waals surface area (Å²) in [4.78, 5) is 26.0. The first-order valence-electron chi connectivity index (χ1n) is 7.56. The zero-order chi connectivity index (χ0) is 15.3. The fraction of sp³-hybridized carbons (Fsp3) is 0.867. The molecule has 0 aliphatic carbocycles. The first-order valence-corrected chi connectivity index (χ1v) is 7.56. The van der Waals surface area contributed by atoms with Crippen LogP contribution in [0.25, 0.3) is 0 Å². The molecule has 1 heterocycles. The van der Waals surface area contributed by atoms with Gasteiger partial charge in [-0.15, -0.1) is 0 Å². The molecule has 0 spiro atoms. The van der Waals surface area contributed by atoms with Gasteiger partial charge in [0.1, 0.15) is 6.04 Å². The van der Waals surface area contributed by atoms with Crippen LogP contribution in [0.1, 0.15) is 40.0 Å². The molecule has 20 heavy (non-hydrogen) atoms. The summed E-state index contributed by atoms with van der Waals surface area (Å²) >= 11 is 0. The molecule has 0 aromatic rings. The molecule has 116 valence electrons. The molecule has 3 atom stereocenters. The number of carbonyl (C=O) groups is 2. The minimum absolute atomic E-state index is 0.0316. The molecule has 1 aliphatic rings. The number of likely N-dealkylation sites (N-methyl/N-ethyl adjacent to an activating group) is 1. The highest BCUT2D eigenvalue weighted by Gasteiger charge is 2.29. The second-order valence-electron chi connectivity index (χ2n) is 6.56. The number of nitrogens with zero attached hydrogens (tertiary/aromatic N) is 1. The molecule has 1 aliphatic heterocycles. The van der Waals surface area contributed by atoms with Crippen LogP contribution in [-0.2, 0) is 9.59 Å². The third-order valence-corrected chi connectivity index (χ3v) is 3.74. The summed E-state index contributed by atoms with van der Waals surface area (Å²) in [5.74, 6) is 0.843. The van der Waals surface area contributed by atoms with Crippen molar-refractivity contribution in [3.63, 3.8) is 0 Å². The average Bonchev–Trinajstić information content (AvgIpc) is 2.36. The highest BCUT2D eigenvalue weighted by Crippen LogP contribution is 2.16. The van der Waals surface area contributed by atoms with E-state index < -0.39 is 6.04 Å². The Bertz CT molecular complexity index is 342. The fourth-order valence-electron chi connectivity index (χ4n) is 2.58. The minimum Gasteiger partial charge on any atom is -0.347 e. The molecular weight excluding hydrogens is 254 g/mol. The van der Waals surface area contributed by atoms with E-state index in [1.54, 1.807) is 19.0 Å². The summed E-state index contributed by atoms with van der Waals surface area (Å²) < 4.78 is 0. The van der Waals surface area contributed by atoms with Crippen LogP contribution >= 0.6 is 0 Å². The Labute approximate surface area is 122 Å².